The lowest BCUT2D eigenvalue weighted by Crippen LogP contribution is -2.51. The Bertz CT molecular complexity index is 1760. The SMILES string of the molecule is Cc1ccncc1-c1cc2cc(NC(=O)C3C(C)C3c3cnn(CCN4CC(O)C4)c3)ncc2c(NC(=O)OC(C)(C)C)c1F. The zero-order valence-corrected chi connectivity index (χ0v) is 26.0. The number of aryl methyl sites for hydroxylation is 1. The number of halogens is 1. The highest BCUT2D eigenvalue weighted by Gasteiger charge is 2.53. The molecule has 3 aromatic heterocycles. The monoisotopic (exact) mass is 615 g/mol. The van der Waals surface area contributed by atoms with E-state index in [-0.39, 0.29) is 41.0 Å². The summed E-state index contributed by atoms with van der Waals surface area (Å²) >= 11 is 0. The van der Waals surface area contributed by atoms with Gasteiger partial charge in [-0.3, -0.25) is 24.7 Å². The fourth-order valence-electron chi connectivity index (χ4n) is 6.04. The van der Waals surface area contributed by atoms with E-state index in [9.17, 15) is 14.7 Å². The Labute approximate surface area is 260 Å². The van der Waals surface area contributed by atoms with Gasteiger partial charge in [0, 0.05) is 72.8 Å². The number of hydrogen-bond acceptors (Lipinski definition) is 8. The lowest BCUT2D eigenvalue weighted by atomic mass is 9.98. The van der Waals surface area contributed by atoms with Crippen LogP contribution in [-0.4, -0.2) is 73.1 Å². The standard InChI is InChI=1S/C33H38FN7O4/c1-18-6-7-35-13-24(18)23-10-20-11-26(36-14-25(20)30(29(23)34)39-32(44)45-33(3,4)5)38-31(43)28-19(2)27(28)21-12-37-41(15-21)9-8-40-16-22(42)17-40/h6-7,10-15,19,22,27-28,42H,8-9,16-17H2,1-5H3,(H,39,44)(H,36,38,43). The van der Waals surface area contributed by atoms with Crippen LogP contribution in [0.1, 0.15) is 44.7 Å². The summed E-state index contributed by atoms with van der Waals surface area (Å²) in [4.78, 5) is 36.8. The van der Waals surface area contributed by atoms with Crippen molar-refractivity contribution in [1.29, 1.82) is 0 Å². The van der Waals surface area contributed by atoms with Crippen LogP contribution in [0, 0.1) is 24.6 Å². The second-order valence-corrected chi connectivity index (χ2v) is 13.1. The quantitative estimate of drug-likeness (QED) is 0.254. The van der Waals surface area contributed by atoms with Gasteiger partial charge in [-0.1, -0.05) is 6.92 Å². The van der Waals surface area contributed by atoms with E-state index in [0.29, 0.717) is 35.2 Å². The third kappa shape index (κ3) is 6.52. The van der Waals surface area contributed by atoms with Crippen molar-refractivity contribution in [3.63, 3.8) is 0 Å². The topological polar surface area (TPSA) is 134 Å². The van der Waals surface area contributed by atoms with E-state index in [1.54, 1.807) is 51.4 Å². The zero-order chi connectivity index (χ0) is 32.0. The van der Waals surface area contributed by atoms with Gasteiger partial charge in [0.2, 0.25) is 5.91 Å². The first kappa shape index (κ1) is 30.6. The van der Waals surface area contributed by atoms with Crippen molar-refractivity contribution in [2.45, 2.75) is 58.8 Å². The van der Waals surface area contributed by atoms with E-state index >= 15 is 4.39 Å². The smallest absolute Gasteiger partial charge is 0.412 e. The third-order valence-electron chi connectivity index (χ3n) is 8.47. The highest BCUT2D eigenvalue weighted by molar-refractivity contribution is 6.05. The minimum absolute atomic E-state index is 0.0453. The number of aliphatic hydroxyl groups excluding tert-OH is 1. The molecule has 1 aliphatic heterocycles. The fourth-order valence-corrected chi connectivity index (χ4v) is 6.04. The van der Waals surface area contributed by atoms with Gasteiger partial charge in [-0.15, -0.1) is 0 Å². The maximum absolute atomic E-state index is 16.0. The molecule has 2 fully saturated rings. The lowest BCUT2D eigenvalue weighted by molar-refractivity contribution is -0.117. The van der Waals surface area contributed by atoms with Gasteiger partial charge in [-0.2, -0.15) is 5.10 Å². The van der Waals surface area contributed by atoms with Crippen molar-refractivity contribution >= 4 is 34.3 Å². The average Bonchev–Trinajstić information content (AvgIpc) is 3.40. The van der Waals surface area contributed by atoms with E-state index in [4.69, 9.17) is 4.74 Å². The van der Waals surface area contributed by atoms with E-state index in [1.165, 1.54) is 6.20 Å². The van der Waals surface area contributed by atoms with Crippen LogP contribution >= 0.6 is 0 Å². The largest absolute Gasteiger partial charge is 0.444 e. The van der Waals surface area contributed by atoms with E-state index in [2.05, 4.69) is 30.6 Å². The molecule has 1 aromatic carbocycles. The number of nitrogens with zero attached hydrogens (tertiary/aromatic N) is 5. The molecule has 11 nitrogen and oxygen atoms in total. The molecule has 236 valence electrons. The molecular formula is C33H38FN7O4. The maximum atomic E-state index is 16.0. The van der Waals surface area contributed by atoms with Crippen LogP contribution in [0.3, 0.4) is 0 Å². The Morgan fingerprint density at radius 2 is 1.89 bits per heavy atom. The molecular weight excluding hydrogens is 577 g/mol. The lowest BCUT2D eigenvalue weighted by Gasteiger charge is -2.35. The number of rotatable bonds is 8. The van der Waals surface area contributed by atoms with Gasteiger partial charge >= 0.3 is 6.09 Å². The van der Waals surface area contributed by atoms with Crippen LogP contribution < -0.4 is 10.6 Å². The summed E-state index contributed by atoms with van der Waals surface area (Å²) in [6.45, 7) is 12.0. The van der Waals surface area contributed by atoms with Crippen LogP contribution in [0.5, 0.6) is 0 Å². The molecule has 4 aromatic rings. The van der Waals surface area contributed by atoms with Gasteiger partial charge in [0.1, 0.15) is 11.4 Å². The molecule has 1 saturated heterocycles. The second-order valence-electron chi connectivity index (χ2n) is 13.1. The van der Waals surface area contributed by atoms with Crippen LogP contribution in [0.4, 0.5) is 20.7 Å². The summed E-state index contributed by atoms with van der Waals surface area (Å²) in [5.41, 5.74) is 1.81. The van der Waals surface area contributed by atoms with Crippen molar-refractivity contribution in [1.82, 2.24) is 24.6 Å². The van der Waals surface area contributed by atoms with Crippen LogP contribution in [0.2, 0.25) is 0 Å². The van der Waals surface area contributed by atoms with E-state index < -0.39 is 17.5 Å². The van der Waals surface area contributed by atoms with Crippen molar-refractivity contribution in [3.8, 4) is 11.1 Å². The van der Waals surface area contributed by atoms with Gasteiger partial charge in [-0.05, 0) is 68.3 Å². The number of anilines is 2. The number of fused-ring (bicyclic) bond motifs is 1. The van der Waals surface area contributed by atoms with Crippen molar-refractivity contribution in [2.24, 2.45) is 11.8 Å². The Morgan fingerprint density at radius 3 is 2.60 bits per heavy atom. The summed E-state index contributed by atoms with van der Waals surface area (Å²) in [7, 11) is 0. The number of carbonyl (C=O) groups is 2. The molecule has 0 spiro atoms. The van der Waals surface area contributed by atoms with Crippen LogP contribution in [0.15, 0.2) is 49.2 Å². The molecule has 3 atom stereocenters. The number of nitrogens with one attached hydrogen (secondary N) is 2. The fraction of sp³-hybridized carbons (Fsp3) is 0.424. The predicted octanol–water partition coefficient (Wildman–Crippen LogP) is 4.95. The summed E-state index contributed by atoms with van der Waals surface area (Å²) in [6.07, 6.45) is 7.44. The Hall–Kier alpha value is -4.42. The molecule has 2 amide bonds. The Morgan fingerprint density at radius 1 is 1.11 bits per heavy atom. The number of ether oxygens (including phenoxy) is 1. The Balaban J connectivity index is 1.22. The number of benzene rings is 1. The van der Waals surface area contributed by atoms with E-state index in [1.807, 2.05) is 30.9 Å². The molecule has 4 heterocycles. The van der Waals surface area contributed by atoms with Crippen molar-refractivity contribution in [2.75, 3.05) is 30.3 Å². The predicted molar refractivity (Wildman–Crippen MR) is 168 cm³/mol. The Kier molecular flexibility index (Phi) is 8.04. The first-order valence-corrected chi connectivity index (χ1v) is 15.1. The van der Waals surface area contributed by atoms with Gasteiger partial charge in [0.15, 0.2) is 5.82 Å². The highest BCUT2D eigenvalue weighted by Crippen LogP contribution is 2.54. The molecule has 0 radical (unpaired) electrons. The van der Waals surface area contributed by atoms with Gasteiger partial charge in [0.05, 0.1) is 24.5 Å². The number of likely N-dealkylation sites (tertiary alicyclic amines) is 1. The minimum Gasteiger partial charge on any atom is -0.444 e. The molecule has 0 bridgehead atoms. The number of aliphatic hydroxyl groups is 1. The molecule has 45 heavy (non-hydrogen) atoms. The van der Waals surface area contributed by atoms with Gasteiger partial charge in [0.25, 0.3) is 0 Å². The summed E-state index contributed by atoms with van der Waals surface area (Å²) in [5.74, 6) is -0.533. The van der Waals surface area contributed by atoms with E-state index in [0.717, 1.165) is 24.2 Å². The second kappa shape index (κ2) is 11.8. The van der Waals surface area contributed by atoms with Crippen molar-refractivity contribution < 1.29 is 23.8 Å². The molecule has 1 saturated carbocycles. The van der Waals surface area contributed by atoms with Crippen LogP contribution in [0.25, 0.3) is 21.9 Å². The van der Waals surface area contributed by atoms with Crippen molar-refractivity contribution in [3.05, 3.63) is 66.1 Å². The van der Waals surface area contributed by atoms with Gasteiger partial charge < -0.3 is 15.2 Å². The number of carbonyl (C=O) groups excluding carboxylic acids is 2. The minimum atomic E-state index is -0.795. The molecule has 3 N–H and O–H groups in total. The normalized spacial score (nSPS) is 20.1. The number of pyridine rings is 2. The van der Waals surface area contributed by atoms with Gasteiger partial charge in [-0.25, -0.2) is 14.2 Å². The molecule has 2 aliphatic rings. The van der Waals surface area contributed by atoms with Crippen LogP contribution in [-0.2, 0) is 16.1 Å². The summed E-state index contributed by atoms with van der Waals surface area (Å²) < 4.78 is 23.3. The molecule has 6 rings (SSSR count). The molecule has 3 unspecified atom stereocenters. The highest BCUT2D eigenvalue weighted by atomic mass is 19.1. The average molecular weight is 616 g/mol. The number of amides is 2. The number of hydrogen-bond donors (Lipinski definition) is 3. The third-order valence-corrected chi connectivity index (χ3v) is 8.47. The number of aromatic nitrogens is 4. The number of β-amino-alcohol motifs (C(OH)–C–C–N with tert-alkyl or cyclic N) is 1. The molecule has 1 aliphatic carbocycles. The maximum Gasteiger partial charge on any atom is 0.412 e. The summed E-state index contributed by atoms with van der Waals surface area (Å²) in [5, 5.41) is 20.4. The zero-order valence-electron chi connectivity index (χ0n) is 26.0. The molecule has 12 heteroatoms. The summed E-state index contributed by atoms with van der Waals surface area (Å²) in [6, 6.07) is 5.13. The first-order valence-electron chi connectivity index (χ1n) is 15.1. The first-order chi connectivity index (χ1) is 21.4.